The molecule has 6 nitrogen and oxygen atoms in total. The van der Waals surface area contributed by atoms with E-state index < -0.39 is 0 Å². The van der Waals surface area contributed by atoms with Crippen LogP contribution in [0.4, 0.5) is 0 Å². The highest BCUT2D eigenvalue weighted by Crippen LogP contribution is 2.27. The highest BCUT2D eigenvalue weighted by Gasteiger charge is 2.21. The van der Waals surface area contributed by atoms with Crippen LogP contribution < -0.4 is 15.8 Å². The van der Waals surface area contributed by atoms with E-state index in [1.54, 1.807) is 24.3 Å². The van der Waals surface area contributed by atoms with Gasteiger partial charge in [-0.2, -0.15) is 0 Å². The number of hydrogen-bond donors (Lipinski definition) is 3. The Morgan fingerprint density at radius 2 is 2.11 bits per heavy atom. The molecule has 19 heavy (non-hydrogen) atoms. The van der Waals surface area contributed by atoms with Gasteiger partial charge in [-0.15, -0.1) is 0 Å². The van der Waals surface area contributed by atoms with Crippen molar-refractivity contribution in [3.05, 3.63) is 29.8 Å². The molecule has 4 N–H and O–H groups in total. The van der Waals surface area contributed by atoms with Gasteiger partial charge in [-0.1, -0.05) is 5.16 Å². The van der Waals surface area contributed by atoms with Gasteiger partial charge in [-0.3, -0.25) is 4.79 Å². The van der Waals surface area contributed by atoms with Crippen LogP contribution in [0.5, 0.6) is 5.75 Å². The second-order valence-electron chi connectivity index (χ2n) is 4.55. The van der Waals surface area contributed by atoms with Crippen LogP contribution in [-0.4, -0.2) is 30.1 Å². The van der Waals surface area contributed by atoms with Gasteiger partial charge in [0.1, 0.15) is 5.75 Å². The van der Waals surface area contributed by atoms with Crippen LogP contribution in [0.2, 0.25) is 0 Å². The summed E-state index contributed by atoms with van der Waals surface area (Å²) >= 11 is 0. The van der Waals surface area contributed by atoms with Crippen LogP contribution >= 0.6 is 0 Å². The second kappa shape index (κ2) is 6.08. The second-order valence-corrected chi connectivity index (χ2v) is 4.55. The topological polar surface area (TPSA) is 96.9 Å². The normalized spacial score (nSPS) is 15.1. The number of ether oxygens (including phenoxy) is 1. The summed E-state index contributed by atoms with van der Waals surface area (Å²) in [4.78, 5) is 11.5. The molecular formula is C13H17N3O3. The SMILES string of the molecule is N/C(=N\O)c1ccc(OCC(=O)NCC2CC2)cc1. The Labute approximate surface area is 111 Å². The van der Waals surface area contributed by atoms with Crippen molar-refractivity contribution < 1.29 is 14.7 Å². The van der Waals surface area contributed by atoms with Gasteiger partial charge in [0.25, 0.3) is 5.91 Å². The number of carbonyl (C=O) groups is 1. The van der Waals surface area contributed by atoms with E-state index in [-0.39, 0.29) is 18.3 Å². The summed E-state index contributed by atoms with van der Waals surface area (Å²) in [6.07, 6.45) is 2.41. The number of benzene rings is 1. The molecular weight excluding hydrogens is 246 g/mol. The fraction of sp³-hybridized carbons (Fsp3) is 0.385. The zero-order chi connectivity index (χ0) is 13.7. The minimum Gasteiger partial charge on any atom is -0.484 e. The minimum absolute atomic E-state index is 0.00433. The van der Waals surface area contributed by atoms with Crippen LogP contribution in [0.3, 0.4) is 0 Å². The quantitative estimate of drug-likeness (QED) is 0.304. The lowest BCUT2D eigenvalue weighted by Gasteiger charge is -2.07. The van der Waals surface area contributed by atoms with E-state index in [0.717, 1.165) is 6.54 Å². The van der Waals surface area contributed by atoms with Gasteiger partial charge in [0.2, 0.25) is 0 Å². The van der Waals surface area contributed by atoms with E-state index in [0.29, 0.717) is 17.2 Å². The van der Waals surface area contributed by atoms with E-state index in [9.17, 15) is 4.79 Å². The summed E-state index contributed by atoms with van der Waals surface area (Å²) in [5, 5.41) is 14.2. The Kier molecular flexibility index (Phi) is 4.22. The van der Waals surface area contributed by atoms with E-state index in [1.807, 2.05) is 0 Å². The Morgan fingerprint density at radius 1 is 1.42 bits per heavy atom. The summed E-state index contributed by atoms with van der Waals surface area (Å²) in [6, 6.07) is 6.65. The first kappa shape index (κ1) is 13.2. The highest BCUT2D eigenvalue weighted by molar-refractivity contribution is 5.97. The number of hydrogen-bond acceptors (Lipinski definition) is 4. The monoisotopic (exact) mass is 263 g/mol. The summed E-state index contributed by atoms with van der Waals surface area (Å²) in [6.45, 7) is 0.736. The van der Waals surface area contributed by atoms with Crippen molar-refractivity contribution in [1.29, 1.82) is 0 Å². The predicted octanol–water partition coefficient (Wildman–Crippen LogP) is 0.686. The highest BCUT2D eigenvalue weighted by atomic mass is 16.5. The molecule has 6 heteroatoms. The third-order valence-corrected chi connectivity index (χ3v) is 2.91. The Balaban J connectivity index is 1.77. The van der Waals surface area contributed by atoms with Gasteiger partial charge >= 0.3 is 0 Å². The van der Waals surface area contributed by atoms with Crippen molar-refractivity contribution in [2.75, 3.05) is 13.2 Å². The van der Waals surface area contributed by atoms with E-state index >= 15 is 0 Å². The Morgan fingerprint density at radius 3 is 2.68 bits per heavy atom. The number of nitrogens with two attached hydrogens (primary N) is 1. The summed E-state index contributed by atoms with van der Waals surface area (Å²) in [7, 11) is 0. The molecule has 0 aromatic heterocycles. The molecule has 1 aliphatic carbocycles. The first-order chi connectivity index (χ1) is 9.19. The van der Waals surface area contributed by atoms with Crippen LogP contribution in [0.15, 0.2) is 29.4 Å². The molecule has 1 aromatic carbocycles. The Hall–Kier alpha value is -2.24. The van der Waals surface area contributed by atoms with Gasteiger partial charge in [-0.05, 0) is 43.0 Å². The molecule has 0 atom stereocenters. The first-order valence-electron chi connectivity index (χ1n) is 6.16. The molecule has 1 fully saturated rings. The lowest BCUT2D eigenvalue weighted by molar-refractivity contribution is -0.123. The average molecular weight is 263 g/mol. The standard InChI is InChI=1S/C13H17N3O3/c14-13(16-18)10-3-5-11(6-4-10)19-8-12(17)15-7-9-1-2-9/h3-6,9,18H,1-2,7-8H2,(H2,14,16)(H,15,17). The number of nitrogens with one attached hydrogen (secondary N) is 1. The van der Waals surface area contributed by atoms with Gasteiger partial charge in [0.05, 0.1) is 0 Å². The molecule has 0 heterocycles. The lowest BCUT2D eigenvalue weighted by Crippen LogP contribution is -2.30. The summed E-state index contributed by atoms with van der Waals surface area (Å²) in [5.41, 5.74) is 6.03. The minimum atomic E-state index is -0.118. The predicted molar refractivity (Wildman–Crippen MR) is 70.2 cm³/mol. The number of amides is 1. The average Bonchev–Trinajstić information content (AvgIpc) is 3.26. The molecule has 1 amide bonds. The van der Waals surface area contributed by atoms with Crippen LogP contribution in [-0.2, 0) is 4.79 Å². The molecule has 1 aliphatic rings. The number of carbonyl (C=O) groups excluding carboxylic acids is 1. The molecule has 0 bridgehead atoms. The maximum atomic E-state index is 11.5. The van der Waals surface area contributed by atoms with Gasteiger partial charge in [0, 0.05) is 12.1 Å². The fourth-order valence-electron chi connectivity index (χ4n) is 1.56. The number of oxime groups is 1. The molecule has 0 aliphatic heterocycles. The van der Waals surface area contributed by atoms with Crippen LogP contribution in [0, 0.1) is 5.92 Å². The number of rotatable bonds is 6. The molecule has 1 aromatic rings. The molecule has 2 rings (SSSR count). The number of nitrogens with zero attached hydrogens (tertiary/aromatic N) is 1. The van der Waals surface area contributed by atoms with Crippen molar-refractivity contribution in [2.45, 2.75) is 12.8 Å². The zero-order valence-electron chi connectivity index (χ0n) is 10.5. The summed E-state index contributed by atoms with van der Waals surface area (Å²) in [5.74, 6) is 1.14. The van der Waals surface area contributed by atoms with Crippen molar-refractivity contribution >= 4 is 11.7 Å². The molecule has 1 saturated carbocycles. The van der Waals surface area contributed by atoms with Crippen molar-refractivity contribution in [3.8, 4) is 5.75 Å². The molecule has 0 unspecified atom stereocenters. The fourth-order valence-corrected chi connectivity index (χ4v) is 1.56. The van der Waals surface area contributed by atoms with Crippen molar-refractivity contribution in [2.24, 2.45) is 16.8 Å². The van der Waals surface area contributed by atoms with Crippen molar-refractivity contribution in [1.82, 2.24) is 5.32 Å². The third kappa shape index (κ3) is 4.17. The number of amidine groups is 1. The van der Waals surface area contributed by atoms with Gasteiger partial charge < -0.3 is 21.0 Å². The maximum Gasteiger partial charge on any atom is 0.257 e. The van der Waals surface area contributed by atoms with E-state index in [2.05, 4.69) is 10.5 Å². The van der Waals surface area contributed by atoms with Gasteiger partial charge in [-0.25, -0.2) is 0 Å². The van der Waals surface area contributed by atoms with E-state index in [1.165, 1.54) is 12.8 Å². The largest absolute Gasteiger partial charge is 0.484 e. The molecule has 0 saturated heterocycles. The van der Waals surface area contributed by atoms with E-state index in [4.69, 9.17) is 15.7 Å². The van der Waals surface area contributed by atoms with Crippen molar-refractivity contribution in [3.63, 3.8) is 0 Å². The zero-order valence-corrected chi connectivity index (χ0v) is 10.5. The smallest absolute Gasteiger partial charge is 0.257 e. The van der Waals surface area contributed by atoms with Crippen LogP contribution in [0.1, 0.15) is 18.4 Å². The summed E-state index contributed by atoms with van der Waals surface area (Å²) < 4.78 is 5.33. The molecule has 102 valence electrons. The molecule has 0 radical (unpaired) electrons. The maximum absolute atomic E-state index is 11.5. The third-order valence-electron chi connectivity index (χ3n) is 2.91. The first-order valence-corrected chi connectivity index (χ1v) is 6.16. The lowest BCUT2D eigenvalue weighted by atomic mass is 10.2. The Bertz CT molecular complexity index is 467. The molecule has 0 spiro atoms. The van der Waals surface area contributed by atoms with Gasteiger partial charge in [0.15, 0.2) is 12.4 Å². The van der Waals surface area contributed by atoms with Crippen LogP contribution in [0.25, 0.3) is 0 Å².